The summed E-state index contributed by atoms with van der Waals surface area (Å²) in [5.74, 6) is 1.52. The second-order valence-electron chi connectivity index (χ2n) is 6.15. The average molecular weight is 332 g/mol. The number of hydrogen-bond acceptors (Lipinski definition) is 5. The summed E-state index contributed by atoms with van der Waals surface area (Å²) < 4.78 is 5.75. The van der Waals surface area contributed by atoms with Crippen molar-refractivity contribution in [3.05, 3.63) is 33.0 Å². The minimum atomic E-state index is -0.243. The fourth-order valence-corrected chi connectivity index (χ4v) is 4.46. The number of hydrogen-bond donors (Lipinski definition) is 1. The molecule has 7 heteroatoms. The zero-order chi connectivity index (χ0) is 15.8. The molecular weight excluding hydrogens is 312 g/mol. The molecule has 23 heavy (non-hydrogen) atoms. The van der Waals surface area contributed by atoms with Crippen molar-refractivity contribution >= 4 is 17.2 Å². The highest BCUT2D eigenvalue weighted by Crippen LogP contribution is 2.31. The zero-order valence-electron chi connectivity index (χ0n) is 13.2. The highest BCUT2D eigenvalue weighted by atomic mass is 32.1. The predicted octanol–water partition coefficient (Wildman–Crippen LogP) is 2.27. The van der Waals surface area contributed by atoms with E-state index in [0.29, 0.717) is 25.5 Å². The van der Waals surface area contributed by atoms with E-state index in [-0.39, 0.29) is 12.0 Å². The van der Waals surface area contributed by atoms with Gasteiger partial charge < -0.3 is 9.64 Å². The van der Waals surface area contributed by atoms with E-state index >= 15 is 0 Å². The van der Waals surface area contributed by atoms with Crippen molar-refractivity contribution in [1.29, 1.82) is 0 Å². The first kappa shape index (κ1) is 14.8. The first-order valence-electron chi connectivity index (χ1n) is 8.11. The number of aromatic amines is 1. The van der Waals surface area contributed by atoms with Gasteiger partial charge in [-0.1, -0.05) is 0 Å². The van der Waals surface area contributed by atoms with Crippen LogP contribution in [0, 0.1) is 6.92 Å². The Morgan fingerprint density at radius 1 is 1.43 bits per heavy atom. The van der Waals surface area contributed by atoms with Crippen molar-refractivity contribution in [2.75, 3.05) is 19.7 Å². The van der Waals surface area contributed by atoms with E-state index in [1.807, 2.05) is 17.2 Å². The smallest absolute Gasteiger partial charge is 0.255 e. The van der Waals surface area contributed by atoms with Crippen LogP contribution in [0.5, 0.6) is 0 Å². The average Bonchev–Trinajstić information content (AvgIpc) is 3.20. The fraction of sp³-hybridized carbons (Fsp3) is 0.562. The highest BCUT2D eigenvalue weighted by Gasteiger charge is 2.30. The number of amides is 1. The summed E-state index contributed by atoms with van der Waals surface area (Å²) in [4.78, 5) is 20.6. The number of thiophene rings is 1. The molecule has 0 aromatic carbocycles. The van der Waals surface area contributed by atoms with Crippen LogP contribution in [0.3, 0.4) is 0 Å². The Kier molecular flexibility index (Phi) is 3.90. The first-order valence-corrected chi connectivity index (χ1v) is 8.99. The molecule has 0 unspecified atom stereocenters. The normalized spacial score (nSPS) is 21.3. The molecule has 6 nitrogen and oxygen atoms in total. The molecule has 4 rings (SSSR count). The van der Waals surface area contributed by atoms with Gasteiger partial charge in [0.1, 0.15) is 11.9 Å². The second kappa shape index (κ2) is 6.05. The van der Waals surface area contributed by atoms with Gasteiger partial charge in [-0.2, -0.15) is 5.10 Å². The fourth-order valence-electron chi connectivity index (χ4n) is 3.34. The van der Waals surface area contributed by atoms with Crippen LogP contribution in [-0.4, -0.2) is 45.7 Å². The van der Waals surface area contributed by atoms with Crippen LogP contribution < -0.4 is 0 Å². The molecule has 1 atom stereocenters. The van der Waals surface area contributed by atoms with Gasteiger partial charge in [-0.05, 0) is 38.2 Å². The number of carbonyl (C=O) groups excluding carboxylic acids is 1. The van der Waals surface area contributed by atoms with Crippen molar-refractivity contribution in [2.24, 2.45) is 0 Å². The minimum Gasteiger partial charge on any atom is -0.366 e. The quantitative estimate of drug-likeness (QED) is 0.916. The molecule has 1 saturated heterocycles. The number of ether oxygens (including phenoxy) is 1. The maximum absolute atomic E-state index is 12.9. The van der Waals surface area contributed by atoms with E-state index in [4.69, 9.17) is 4.74 Å². The van der Waals surface area contributed by atoms with E-state index in [0.717, 1.165) is 24.2 Å². The Balaban J connectivity index is 1.53. The number of nitrogens with one attached hydrogen (secondary N) is 1. The highest BCUT2D eigenvalue weighted by molar-refractivity contribution is 7.10. The van der Waals surface area contributed by atoms with E-state index < -0.39 is 0 Å². The van der Waals surface area contributed by atoms with Gasteiger partial charge in [-0.15, -0.1) is 11.3 Å². The molecule has 0 spiro atoms. The number of aromatic nitrogens is 3. The summed E-state index contributed by atoms with van der Waals surface area (Å²) in [7, 11) is 0. The SMILES string of the molecule is Cc1nc([C@H]2CN(C(=O)c3csc4c3CCCC4)CCO2)n[nH]1. The lowest BCUT2D eigenvalue weighted by atomic mass is 9.95. The molecule has 3 heterocycles. The van der Waals surface area contributed by atoms with Crippen LogP contribution in [0.1, 0.15) is 51.4 Å². The molecule has 0 saturated carbocycles. The standard InChI is InChI=1S/C16H20N4O2S/c1-10-17-15(19-18-10)13-8-20(6-7-22-13)16(21)12-9-23-14-5-3-2-4-11(12)14/h9,13H,2-8H2,1H3,(H,17,18,19)/t13-/m1/s1. The van der Waals surface area contributed by atoms with Crippen molar-refractivity contribution in [3.63, 3.8) is 0 Å². The number of H-pyrrole nitrogens is 1. The molecule has 2 aliphatic rings. The molecular formula is C16H20N4O2S. The summed E-state index contributed by atoms with van der Waals surface area (Å²) >= 11 is 1.74. The Labute approximate surface area is 138 Å². The molecule has 2 aromatic heterocycles. The lowest BCUT2D eigenvalue weighted by Gasteiger charge is -2.32. The van der Waals surface area contributed by atoms with Gasteiger partial charge in [-0.3, -0.25) is 9.89 Å². The van der Waals surface area contributed by atoms with Gasteiger partial charge >= 0.3 is 0 Å². The lowest BCUT2D eigenvalue weighted by molar-refractivity contribution is -0.0267. The second-order valence-corrected chi connectivity index (χ2v) is 7.11. The Bertz CT molecular complexity index is 723. The molecule has 1 aliphatic heterocycles. The molecule has 122 valence electrons. The predicted molar refractivity (Wildman–Crippen MR) is 86.7 cm³/mol. The van der Waals surface area contributed by atoms with Gasteiger partial charge in [0.25, 0.3) is 5.91 Å². The lowest BCUT2D eigenvalue weighted by Crippen LogP contribution is -2.42. The van der Waals surface area contributed by atoms with Crippen LogP contribution in [0.2, 0.25) is 0 Å². The molecule has 0 bridgehead atoms. The minimum absolute atomic E-state index is 0.130. The van der Waals surface area contributed by atoms with Gasteiger partial charge in [0, 0.05) is 16.8 Å². The van der Waals surface area contributed by atoms with Crippen molar-refractivity contribution in [1.82, 2.24) is 20.1 Å². The molecule has 1 N–H and O–H groups in total. The maximum atomic E-state index is 12.9. The largest absolute Gasteiger partial charge is 0.366 e. The van der Waals surface area contributed by atoms with Gasteiger partial charge in [0.2, 0.25) is 0 Å². The molecule has 2 aromatic rings. The van der Waals surface area contributed by atoms with Gasteiger partial charge in [0.05, 0.1) is 18.7 Å². The third kappa shape index (κ3) is 2.79. The molecule has 1 fully saturated rings. The van der Waals surface area contributed by atoms with Gasteiger partial charge in [-0.25, -0.2) is 4.98 Å². The molecule has 1 aliphatic carbocycles. The number of aryl methyl sites for hydroxylation is 2. The third-order valence-corrected chi connectivity index (χ3v) is 5.64. The Morgan fingerprint density at radius 2 is 2.30 bits per heavy atom. The van der Waals surface area contributed by atoms with Crippen LogP contribution in [0.4, 0.5) is 0 Å². The summed E-state index contributed by atoms with van der Waals surface area (Å²) in [6.07, 6.45) is 4.34. The summed E-state index contributed by atoms with van der Waals surface area (Å²) in [5.41, 5.74) is 2.18. The Morgan fingerprint density at radius 3 is 3.13 bits per heavy atom. The topological polar surface area (TPSA) is 71.1 Å². The van der Waals surface area contributed by atoms with Crippen LogP contribution in [0.15, 0.2) is 5.38 Å². The third-order valence-electron chi connectivity index (χ3n) is 4.55. The molecule has 1 amide bonds. The summed E-state index contributed by atoms with van der Waals surface area (Å²) in [5, 5.41) is 9.05. The Hall–Kier alpha value is -1.73. The monoisotopic (exact) mass is 332 g/mol. The van der Waals surface area contributed by atoms with E-state index in [1.165, 1.54) is 23.3 Å². The number of nitrogens with zero attached hydrogens (tertiary/aromatic N) is 3. The van der Waals surface area contributed by atoms with E-state index in [2.05, 4.69) is 15.2 Å². The zero-order valence-corrected chi connectivity index (χ0v) is 14.0. The number of rotatable bonds is 2. The summed E-state index contributed by atoms with van der Waals surface area (Å²) in [6, 6.07) is 0. The maximum Gasteiger partial charge on any atom is 0.255 e. The molecule has 0 radical (unpaired) electrons. The number of fused-ring (bicyclic) bond motifs is 1. The van der Waals surface area contributed by atoms with Crippen LogP contribution in [-0.2, 0) is 17.6 Å². The van der Waals surface area contributed by atoms with Gasteiger partial charge in [0.15, 0.2) is 5.82 Å². The summed E-state index contributed by atoms with van der Waals surface area (Å²) in [6.45, 7) is 3.53. The van der Waals surface area contributed by atoms with Crippen molar-refractivity contribution < 1.29 is 9.53 Å². The van der Waals surface area contributed by atoms with Crippen molar-refractivity contribution in [2.45, 2.75) is 38.7 Å². The van der Waals surface area contributed by atoms with Crippen LogP contribution in [0.25, 0.3) is 0 Å². The number of carbonyl (C=O) groups is 1. The van der Waals surface area contributed by atoms with Crippen molar-refractivity contribution in [3.8, 4) is 0 Å². The van der Waals surface area contributed by atoms with E-state index in [9.17, 15) is 4.79 Å². The van der Waals surface area contributed by atoms with Crippen LogP contribution >= 0.6 is 11.3 Å². The number of morpholine rings is 1. The van der Waals surface area contributed by atoms with E-state index in [1.54, 1.807) is 11.3 Å². The first-order chi connectivity index (χ1) is 11.2.